The summed E-state index contributed by atoms with van der Waals surface area (Å²) in [6.45, 7) is 4.24. The molecule has 0 spiro atoms. The van der Waals surface area contributed by atoms with E-state index in [1.807, 2.05) is 0 Å². The highest BCUT2D eigenvalue weighted by atomic mass is 79.9. The molecule has 0 bridgehead atoms. The van der Waals surface area contributed by atoms with Gasteiger partial charge in [-0.3, -0.25) is 9.78 Å². The van der Waals surface area contributed by atoms with E-state index < -0.39 is 0 Å². The number of likely N-dealkylation sites (tertiary alicyclic amines) is 1. The van der Waals surface area contributed by atoms with Crippen molar-refractivity contribution in [2.45, 2.75) is 19.4 Å². The molecule has 1 aliphatic rings. The molecule has 4 nitrogen and oxygen atoms in total. The smallest absolute Gasteiger partial charge is 0.253 e. The lowest BCUT2D eigenvalue weighted by Gasteiger charge is -2.35. The number of hydrogen-bond acceptors (Lipinski definition) is 3. The molecule has 1 saturated heterocycles. The van der Waals surface area contributed by atoms with Gasteiger partial charge in [0.25, 0.3) is 5.91 Å². The molecular weight excluding hydrogens is 294 g/mol. The topological polar surface area (TPSA) is 45.2 Å². The molecule has 0 aliphatic carbocycles. The fourth-order valence-electron chi connectivity index (χ4n) is 2.36. The Morgan fingerprint density at radius 2 is 2.33 bits per heavy atom. The third-order valence-electron chi connectivity index (χ3n) is 3.39. The van der Waals surface area contributed by atoms with Gasteiger partial charge < -0.3 is 10.2 Å². The van der Waals surface area contributed by atoms with Gasteiger partial charge >= 0.3 is 0 Å². The summed E-state index contributed by atoms with van der Waals surface area (Å²) in [6.07, 6.45) is 4.28. The second kappa shape index (κ2) is 5.80. The molecule has 98 valence electrons. The zero-order chi connectivity index (χ0) is 13.1. The SMILES string of the molecule is CC1CN(C)CCC1NC(=O)c1cncc(Br)c1. The molecule has 18 heavy (non-hydrogen) atoms. The Bertz CT molecular complexity index is 438. The maximum absolute atomic E-state index is 12.1. The average Bonchev–Trinajstić information content (AvgIpc) is 2.32. The molecule has 5 heteroatoms. The number of nitrogens with one attached hydrogen (secondary N) is 1. The number of pyridine rings is 1. The van der Waals surface area contributed by atoms with E-state index in [-0.39, 0.29) is 11.9 Å². The summed E-state index contributed by atoms with van der Waals surface area (Å²) in [5, 5.41) is 3.11. The molecule has 1 aromatic rings. The van der Waals surface area contributed by atoms with Crippen LogP contribution in [0.25, 0.3) is 0 Å². The number of piperidine rings is 1. The van der Waals surface area contributed by atoms with Crippen molar-refractivity contribution in [3.05, 3.63) is 28.5 Å². The van der Waals surface area contributed by atoms with Gasteiger partial charge in [-0.25, -0.2) is 0 Å². The van der Waals surface area contributed by atoms with E-state index in [0.717, 1.165) is 24.0 Å². The monoisotopic (exact) mass is 311 g/mol. The molecular formula is C13H18BrN3O. The average molecular weight is 312 g/mol. The highest BCUT2D eigenvalue weighted by Crippen LogP contribution is 2.16. The Kier molecular flexibility index (Phi) is 4.35. The molecule has 1 amide bonds. The second-order valence-electron chi connectivity index (χ2n) is 5.00. The van der Waals surface area contributed by atoms with E-state index in [2.05, 4.69) is 45.1 Å². The number of hydrogen-bond donors (Lipinski definition) is 1. The molecule has 0 aromatic carbocycles. The lowest BCUT2D eigenvalue weighted by Crippen LogP contribution is -2.48. The summed E-state index contributed by atoms with van der Waals surface area (Å²) in [4.78, 5) is 18.4. The highest BCUT2D eigenvalue weighted by molar-refractivity contribution is 9.10. The summed E-state index contributed by atoms with van der Waals surface area (Å²) < 4.78 is 0.826. The number of aromatic nitrogens is 1. The first-order valence-corrected chi connectivity index (χ1v) is 6.95. The van der Waals surface area contributed by atoms with Gasteiger partial charge in [0.15, 0.2) is 0 Å². The van der Waals surface area contributed by atoms with Crippen LogP contribution in [0, 0.1) is 5.92 Å². The van der Waals surface area contributed by atoms with Crippen LogP contribution in [-0.2, 0) is 0 Å². The van der Waals surface area contributed by atoms with Gasteiger partial charge in [0.2, 0.25) is 0 Å². The quantitative estimate of drug-likeness (QED) is 0.907. The fourth-order valence-corrected chi connectivity index (χ4v) is 2.72. The predicted octanol–water partition coefficient (Wildman–Crippen LogP) is 1.91. The van der Waals surface area contributed by atoms with Crippen LogP contribution in [0.1, 0.15) is 23.7 Å². The molecule has 2 atom stereocenters. The predicted molar refractivity (Wildman–Crippen MR) is 74.5 cm³/mol. The summed E-state index contributed by atoms with van der Waals surface area (Å²) in [7, 11) is 2.12. The van der Waals surface area contributed by atoms with E-state index in [4.69, 9.17) is 0 Å². The first-order chi connectivity index (χ1) is 8.56. The van der Waals surface area contributed by atoms with Crippen molar-refractivity contribution in [2.24, 2.45) is 5.92 Å². The Morgan fingerprint density at radius 1 is 1.56 bits per heavy atom. The lowest BCUT2D eigenvalue weighted by molar-refractivity contribution is 0.0883. The number of carbonyl (C=O) groups is 1. The summed E-state index contributed by atoms with van der Waals surface area (Å²) in [6, 6.07) is 2.05. The molecule has 1 aliphatic heterocycles. The highest BCUT2D eigenvalue weighted by Gasteiger charge is 2.25. The van der Waals surface area contributed by atoms with Crippen molar-refractivity contribution < 1.29 is 4.79 Å². The van der Waals surface area contributed by atoms with Gasteiger partial charge in [0, 0.05) is 29.5 Å². The first kappa shape index (κ1) is 13.5. The number of rotatable bonds is 2. The van der Waals surface area contributed by atoms with Crippen LogP contribution in [-0.4, -0.2) is 42.0 Å². The van der Waals surface area contributed by atoms with Crippen molar-refractivity contribution in [3.63, 3.8) is 0 Å². The van der Waals surface area contributed by atoms with E-state index in [1.165, 1.54) is 0 Å². The van der Waals surface area contributed by atoms with Crippen molar-refractivity contribution in [1.82, 2.24) is 15.2 Å². The molecule has 2 rings (SSSR count). The molecule has 0 saturated carbocycles. The van der Waals surface area contributed by atoms with Crippen LogP contribution in [0.15, 0.2) is 22.9 Å². The van der Waals surface area contributed by atoms with E-state index in [1.54, 1.807) is 18.5 Å². The summed E-state index contributed by atoms with van der Waals surface area (Å²) >= 11 is 3.33. The van der Waals surface area contributed by atoms with E-state index in [9.17, 15) is 4.79 Å². The van der Waals surface area contributed by atoms with Gasteiger partial charge in [-0.1, -0.05) is 6.92 Å². The maximum atomic E-state index is 12.1. The van der Waals surface area contributed by atoms with Crippen LogP contribution in [0.2, 0.25) is 0 Å². The van der Waals surface area contributed by atoms with Gasteiger partial charge in [-0.15, -0.1) is 0 Å². The Morgan fingerprint density at radius 3 is 3.00 bits per heavy atom. The Balaban J connectivity index is 1.99. The standard InChI is InChI=1S/C13H18BrN3O/c1-9-8-17(2)4-3-12(9)16-13(18)10-5-11(14)7-15-6-10/h5-7,9,12H,3-4,8H2,1-2H3,(H,16,18). The number of amides is 1. The minimum Gasteiger partial charge on any atom is -0.349 e. The largest absolute Gasteiger partial charge is 0.349 e. The fraction of sp³-hybridized carbons (Fsp3) is 0.538. The van der Waals surface area contributed by atoms with Crippen LogP contribution in [0.3, 0.4) is 0 Å². The van der Waals surface area contributed by atoms with Gasteiger partial charge in [-0.2, -0.15) is 0 Å². The minimum atomic E-state index is -0.0368. The number of carbonyl (C=O) groups excluding carboxylic acids is 1. The van der Waals surface area contributed by atoms with E-state index >= 15 is 0 Å². The zero-order valence-electron chi connectivity index (χ0n) is 10.7. The minimum absolute atomic E-state index is 0.0368. The second-order valence-corrected chi connectivity index (χ2v) is 5.92. The van der Waals surface area contributed by atoms with Gasteiger partial charge in [0.1, 0.15) is 0 Å². The molecule has 2 heterocycles. The number of halogens is 1. The third kappa shape index (κ3) is 3.29. The Hall–Kier alpha value is -0.940. The third-order valence-corrected chi connectivity index (χ3v) is 3.83. The molecule has 2 unspecified atom stereocenters. The van der Waals surface area contributed by atoms with Crippen molar-refractivity contribution in [3.8, 4) is 0 Å². The van der Waals surface area contributed by atoms with Crippen molar-refractivity contribution >= 4 is 21.8 Å². The van der Waals surface area contributed by atoms with Crippen LogP contribution in [0.5, 0.6) is 0 Å². The summed E-state index contributed by atoms with van der Waals surface area (Å²) in [5.41, 5.74) is 0.607. The van der Waals surface area contributed by atoms with Crippen molar-refractivity contribution in [1.29, 1.82) is 0 Å². The molecule has 1 aromatic heterocycles. The molecule has 1 fully saturated rings. The lowest BCUT2D eigenvalue weighted by atomic mass is 9.94. The molecule has 0 radical (unpaired) electrons. The summed E-state index contributed by atoms with van der Waals surface area (Å²) in [5.74, 6) is 0.443. The van der Waals surface area contributed by atoms with Gasteiger partial charge in [0.05, 0.1) is 5.56 Å². The normalized spacial score (nSPS) is 24.8. The first-order valence-electron chi connectivity index (χ1n) is 6.16. The van der Waals surface area contributed by atoms with Crippen LogP contribution < -0.4 is 5.32 Å². The van der Waals surface area contributed by atoms with Crippen LogP contribution in [0.4, 0.5) is 0 Å². The zero-order valence-corrected chi connectivity index (χ0v) is 12.3. The number of nitrogens with zero attached hydrogens (tertiary/aromatic N) is 2. The van der Waals surface area contributed by atoms with Crippen LogP contribution >= 0.6 is 15.9 Å². The molecule has 1 N–H and O–H groups in total. The maximum Gasteiger partial charge on any atom is 0.253 e. The Labute approximate surface area is 116 Å². The van der Waals surface area contributed by atoms with Gasteiger partial charge in [-0.05, 0) is 47.9 Å². The van der Waals surface area contributed by atoms with Crippen molar-refractivity contribution in [2.75, 3.05) is 20.1 Å². The van der Waals surface area contributed by atoms with E-state index in [0.29, 0.717) is 11.5 Å².